The third kappa shape index (κ3) is 2.93. The van der Waals surface area contributed by atoms with E-state index >= 15 is 0 Å². The minimum Gasteiger partial charge on any atom is -0.392 e. The third-order valence-electron chi connectivity index (χ3n) is 3.03. The molecule has 15 heavy (non-hydrogen) atoms. The van der Waals surface area contributed by atoms with E-state index in [9.17, 15) is 5.11 Å². The van der Waals surface area contributed by atoms with Gasteiger partial charge in [0, 0.05) is 5.92 Å². The first kappa shape index (κ1) is 12.0. The summed E-state index contributed by atoms with van der Waals surface area (Å²) in [6.45, 7) is 7.98. The summed E-state index contributed by atoms with van der Waals surface area (Å²) in [6.07, 6.45) is 2.49. The minimum atomic E-state index is -0.338. The Bertz CT molecular complexity index is 291. The highest BCUT2D eigenvalue weighted by Crippen LogP contribution is 2.26. The van der Waals surface area contributed by atoms with E-state index in [4.69, 9.17) is 0 Å². The number of hydrogen-bond acceptors (Lipinski definition) is 1. The Morgan fingerprint density at radius 3 is 2.40 bits per heavy atom. The van der Waals surface area contributed by atoms with Crippen molar-refractivity contribution in [2.75, 3.05) is 0 Å². The van der Waals surface area contributed by atoms with Gasteiger partial charge in [-0.15, -0.1) is 6.58 Å². The van der Waals surface area contributed by atoms with E-state index in [2.05, 4.69) is 20.4 Å². The zero-order valence-corrected chi connectivity index (χ0v) is 9.56. The van der Waals surface area contributed by atoms with Crippen molar-refractivity contribution >= 4 is 0 Å². The van der Waals surface area contributed by atoms with Crippen LogP contribution in [0.1, 0.15) is 31.7 Å². The fraction of sp³-hybridized carbons (Fsp3) is 0.429. The second-order valence-corrected chi connectivity index (χ2v) is 4.05. The molecule has 0 fully saturated rings. The van der Waals surface area contributed by atoms with Gasteiger partial charge in [0.1, 0.15) is 0 Å². The van der Waals surface area contributed by atoms with Gasteiger partial charge in [-0.25, -0.2) is 0 Å². The van der Waals surface area contributed by atoms with Gasteiger partial charge in [-0.3, -0.25) is 0 Å². The highest BCUT2D eigenvalue weighted by Gasteiger charge is 2.22. The van der Waals surface area contributed by atoms with Gasteiger partial charge in [-0.05, 0) is 11.5 Å². The number of rotatable bonds is 5. The molecule has 0 amide bonds. The molecule has 1 rings (SSSR count). The summed E-state index contributed by atoms with van der Waals surface area (Å²) in [5.41, 5.74) is 1.14. The molecule has 0 saturated heterocycles. The van der Waals surface area contributed by atoms with Crippen molar-refractivity contribution in [3.63, 3.8) is 0 Å². The van der Waals surface area contributed by atoms with Crippen molar-refractivity contribution in [3.8, 4) is 0 Å². The molecule has 0 unspecified atom stereocenters. The summed E-state index contributed by atoms with van der Waals surface area (Å²) in [4.78, 5) is 0. The van der Waals surface area contributed by atoms with E-state index < -0.39 is 0 Å². The summed E-state index contributed by atoms with van der Waals surface area (Å²) < 4.78 is 0. The van der Waals surface area contributed by atoms with Gasteiger partial charge in [0.25, 0.3) is 0 Å². The number of hydrogen-bond donors (Lipinski definition) is 1. The van der Waals surface area contributed by atoms with Crippen molar-refractivity contribution < 1.29 is 5.11 Å². The van der Waals surface area contributed by atoms with Crippen LogP contribution in [-0.2, 0) is 0 Å². The molecule has 1 aromatic rings. The SMILES string of the molecule is C=C[C@H](c1ccccc1)[C@H](O)[C@H](C)CC. The van der Waals surface area contributed by atoms with E-state index in [-0.39, 0.29) is 12.0 Å². The predicted molar refractivity (Wildman–Crippen MR) is 64.8 cm³/mol. The monoisotopic (exact) mass is 204 g/mol. The molecule has 0 heterocycles. The average molecular weight is 204 g/mol. The van der Waals surface area contributed by atoms with Crippen LogP contribution in [-0.4, -0.2) is 11.2 Å². The van der Waals surface area contributed by atoms with Crippen LogP contribution in [0, 0.1) is 5.92 Å². The molecule has 0 saturated carbocycles. The molecule has 3 atom stereocenters. The Hall–Kier alpha value is -1.08. The zero-order valence-electron chi connectivity index (χ0n) is 9.56. The second kappa shape index (κ2) is 5.72. The quantitative estimate of drug-likeness (QED) is 0.729. The first-order chi connectivity index (χ1) is 7.20. The normalized spacial score (nSPS) is 16.7. The lowest BCUT2D eigenvalue weighted by Gasteiger charge is -2.24. The van der Waals surface area contributed by atoms with Crippen molar-refractivity contribution in [2.45, 2.75) is 32.3 Å². The highest BCUT2D eigenvalue weighted by molar-refractivity contribution is 5.24. The van der Waals surface area contributed by atoms with Crippen LogP contribution >= 0.6 is 0 Å². The predicted octanol–water partition coefficient (Wildman–Crippen LogP) is 3.36. The van der Waals surface area contributed by atoms with Crippen LogP contribution in [0.15, 0.2) is 43.0 Å². The van der Waals surface area contributed by atoms with Gasteiger partial charge >= 0.3 is 0 Å². The van der Waals surface area contributed by atoms with Crippen LogP contribution in [0.3, 0.4) is 0 Å². The maximum absolute atomic E-state index is 10.2. The Morgan fingerprint density at radius 2 is 1.93 bits per heavy atom. The van der Waals surface area contributed by atoms with Crippen molar-refractivity contribution in [1.29, 1.82) is 0 Å². The second-order valence-electron chi connectivity index (χ2n) is 4.05. The molecule has 1 aromatic carbocycles. The fourth-order valence-electron chi connectivity index (χ4n) is 1.74. The summed E-state index contributed by atoms with van der Waals surface area (Å²) in [5, 5.41) is 10.2. The summed E-state index contributed by atoms with van der Waals surface area (Å²) >= 11 is 0. The maximum atomic E-state index is 10.2. The first-order valence-electron chi connectivity index (χ1n) is 5.56. The van der Waals surface area contributed by atoms with E-state index in [1.807, 2.05) is 36.4 Å². The molecule has 0 aliphatic rings. The van der Waals surface area contributed by atoms with Crippen LogP contribution in [0.2, 0.25) is 0 Å². The van der Waals surface area contributed by atoms with E-state index in [1.165, 1.54) is 0 Å². The van der Waals surface area contributed by atoms with E-state index in [0.29, 0.717) is 5.92 Å². The van der Waals surface area contributed by atoms with Crippen LogP contribution in [0.25, 0.3) is 0 Å². The largest absolute Gasteiger partial charge is 0.392 e. The van der Waals surface area contributed by atoms with Gasteiger partial charge in [0.05, 0.1) is 6.10 Å². The molecule has 0 aromatic heterocycles. The van der Waals surface area contributed by atoms with Gasteiger partial charge < -0.3 is 5.11 Å². The highest BCUT2D eigenvalue weighted by atomic mass is 16.3. The Kier molecular flexibility index (Phi) is 4.57. The van der Waals surface area contributed by atoms with Crippen molar-refractivity contribution in [1.82, 2.24) is 0 Å². The molecule has 0 radical (unpaired) electrons. The molecular weight excluding hydrogens is 184 g/mol. The molecule has 1 N–H and O–H groups in total. The summed E-state index contributed by atoms with van der Waals surface area (Å²) in [6, 6.07) is 10.1. The fourth-order valence-corrected chi connectivity index (χ4v) is 1.74. The number of aliphatic hydroxyl groups is 1. The summed E-state index contributed by atoms with van der Waals surface area (Å²) in [7, 11) is 0. The van der Waals surface area contributed by atoms with Crippen LogP contribution in [0.4, 0.5) is 0 Å². The van der Waals surface area contributed by atoms with Gasteiger partial charge in [-0.2, -0.15) is 0 Å². The third-order valence-corrected chi connectivity index (χ3v) is 3.03. The van der Waals surface area contributed by atoms with Crippen LogP contribution < -0.4 is 0 Å². The first-order valence-corrected chi connectivity index (χ1v) is 5.56. The lowest BCUT2D eigenvalue weighted by Crippen LogP contribution is -2.24. The number of benzene rings is 1. The Labute approximate surface area is 92.5 Å². The molecular formula is C14H20O. The maximum Gasteiger partial charge on any atom is 0.0668 e. The van der Waals surface area contributed by atoms with Crippen molar-refractivity contribution in [2.24, 2.45) is 5.92 Å². The van der Waals surface area contributed by atoms with E-state index in [1.54, 1.807) is 0 Å². The van der Waals surface area contributed by atoms with Crippen LogP contribution in [0.5, 0.6) is 0 Å². The molecule has 0 aliphatic heterocycles. The molecule has 0 bridgehead atoms. The lowest BCUT2D eigenvalue weighted by molar-refractivity contribution is 0.100. The molecule has 82 valence electrons. The lowest BCUT2D eigenvalue weighted by atomic mass is 9.85. The zero-order chi connectivity index (χ0) is 11.3. The standard InChI is InChI=1S/C14H20O/c1-4-11(3)14(15)13(5-2)12-9-7-6-8-10-12/h5-11,13-15H,2,4H2,1,3H3/t11-,13-,14-/m1/s1. The van der Waals surface area contributed by atoms with Crippen molar-refractivity contribution in [3.05, 3.63) is 48.6 Å². The average Bonchev–Trinajstić information content (AvgIpc) is 2.30. The molecule has 0 spiro atoms. The topological polar surface area (TPSA) is 20.2 Å². The molecule has 0 aliphatic carbocycles. The Morgan fingerprint density at radius 1 is 1.33 bits per heavy atom. The van der Waals surface area contributed by atoms with Gasteiger partial charge in [-0.1, -0.05) is 56.7 Å². The summed E-state index contributed by atoms with van der Waals surface area (Å²) in [5.74, 6) is 0.342. The van der Waals surface area contributed by atoms with E-state index in [0.717, 1.165) is 12.0 Å². The number of aliphatic hydroxyl groups excluding tert-OH is 1. The minimum absolute atomic E-state index is 0.0427. The molecule has 1 nitrogen and oxygen atoms in total. The van der Waals surface area contributed by atoms with Gasteiger partial charge in [0.15, 0.2) is 0 Å². The molecule has 1 heteroatoms. The van der Waals surface area contributed by atoms with Gasteiger partial charge in [0.2, 0.25) is 0 Å². The smallest absolute Gasteiger partial charge is 0.0668 e. The Balaban J connectivity index is 2.85.